The molecule has 0 aliphatic heterocycles. The number of methoxy groups -OCH3 is 1. The summed E-state index contributed by atoms with van der Waals surface area (Å²) in [5.41, 5.74) is 6.08. The summed E-state index contributed by atoms with van der Waals surface area (Å²) < 4.78 is 7.37. The lowest BCUT2D eigenvalue weighted by Crippen LogP contribution is -2.37. The molecular weight excluding hydrogens is 470 g/mol. The van der Waals surface area contributed by atoms with Gasteiger partial charge in [0.2, 0.25) is 5.91 Å². The van der Waals surface area contributed by atoms with Gasteiger partial charge in [0.05, 0.1) is 19.6 Å². The van der Waals surface area contributed by atoms with Gasteiger partial charge in [-0.25, -0.2) is 0 Å². The smallest absolute Gasteiger partial charge is 0.307 e. The van der Waals surface area contributed by atoms with E-state index in [2.05, 4.69) is 50.1 Å². The second-order valence-corrected chi connectivity index (χ2v) is 10.1. The fraction of sp³-hybridized carbons (Fsp3) is 0.379. The second-order valence-electron chi connectivity index (χ2n) is 9.71. The number of hydrogen-bond acceptors (Lipinski definition) is 5. The number of nitrogens with one attached hydrogen (secondary N) is 1. The first-order chi connectivity index (χ1) is 17.1. The molecule has 7 heteroatoms. The fourth-order valence-corrected chi connectivity index (χ4v) is 4.84. The topological polar surface area (TPSA) is 73.2 Å². The van der Waals surface area contributed by atoms with Crippen LogP contribution in [0.1, 0.15) is 61.0 Å². The predicted molar refractivity (Wildman–Crippen MR) is 145 cm³/mol. The van der Waals surface area contributed by atoms with Crippen LogP contribution in [0.2, 0.25) is 0 Å². The van der Waals surface area contributed by atoms with Crippen LogP contribution in [0.3, 0.4) is 0 Å². The van der Waals surface area contributed by atoms with Crippen molar-refractivity contribution in [1.29, 1.82) is 0 Å². The molecule has 0 radical (unpaired) electrons. The summed E-state index contributed by atoms with van der Waals surface area (Å²) in [6.07, 6.45) is 5.97. The first-order valence-electron chi connectivity index (χ1n) is 12.2. The minimum absolute atomic E-state index is 0.00613. The number of benzene rings is 1. The van der Waals surface area contributed by atoms with Crippen molar-refractivity contribution >= 4 is 24.1 Å². The Morgan fingerprint density at radius 3 is 2.39 bits per heavy atom. The fourth-order valence-electron chi connectivity index (χ4n) is 4.46. The Labute approximate surface area is 218 Å². The normalized spacial score (nSPS) is 12.8. The number of carbonyl (C=O) groups is 2. The molecule has 0 saturated carbocycles. The first-order valence-corrected chi connectivity index (χ1v) is 12.6. The lowest BCUT2D eigenvalue weighted by atomic mass is 9.94. The van der Waals surface area contributed by atoms with Gasteiger partial charge in [-0.1, -0.05) is 44.3 Å². The van der Waals surface area contributed by atoms with Crippen molar-refractivity contribution < 1.29 is 14.3 Å². The van der Waals surface area contributed by atoms with E-state index in [4.69, 9.17) is 17.0 Å². The molecule has 36 heavy (non-hydrogen) atoms. The number of amides is 1. The van der Waals surface area contributed by atoms with Crippen LogP contribution < -0.4 is 5.32 Å². The standard InChI is InChI=1S/C29H35N3O3S/c1-18(2)12-25(32-11-10-19(3)13-26(32)36)29(34)31-24(15-27(33)35-6)22-14-23(17-30-16-22)28-20(4)8-7-9-21(28)5/h7-11,13-14,16-18,24-25H,12,15H2,1-6H3,(H,31,34). The van der Waals surface area contributed by atoms with Gasteiger partial charge in [0.1, 0.15) is 10.7 Å². The number of aromatic nitrogens is 2. The molecule has 0 saturated heterocycles. The maximum atomic E-state index is 13.7. The molecule has 1 N–H and O–H groups in total. The monoisotopic (exact) mass is 505 g/mol. The summed E-state index contributed by atoms with van der Waals surface area (Å²) in [6.45, 7) is 10.2. The molecule has 2 atom stereocenters. The van der Waals surface area contributed by atoms with Gasteiger partial charge < -0.3 is 14.6 Å². The van der Waals surface area contributed by atoms with Crippen molar-refractivity contribution in [3.63, 3.8) is 0 Å². The number of ether oxygens (including phenoxy) is 1. The number of rotatable bonds is 9. The Hall–Kier alpha value is -3.32. The van der Waals surface area contributed by atoms with Crippen molar-refractivity contribution in [2.24, 2.45) is 5.92 Å². The van der Waals surface area contributed by atoms with E-state index in [1.807, 2.05) is 48.1 Å². The predicted octanol–water partition coefficient (Wildman–Crippen LogP) is 6.21. The third-order valence-electron chi connectivity index (χ3n) is 6.28. The lowest BCUT2D eigenvalue weighted by molar-refractivity contribution is -0.141. The van der Waals surface area contributed by atoms with Crippen molar-refractivity contribution in [1.82, 2.24) is 14.9 Å². The van der Waals surface area contributed by atoms with E-state index in [0.717, 1.165) is 33.4 Å². The molecule has 6 nitrogen and oxygen atoms in total. The molecular formula is C29H35N3O3S. The zero-order chi connectivity index (χ0) is 26.4. The third kappa shape index (κ3) is 6.66. The first kappa shape index (κ1) is 27.3. The van der Waals surface area contributed by atoms with Gasteiger partial charge in [-0.15, -0.1) is 0 Å². The summed E-state index contributed by atoms with van der Waals surface area (Å²) in [5, 5.41) is 3.11. The largest absolute Gasteiger partial charge is 0.469 e. The number of carbonyl (C=O) groups excluding carboxylic acids is 2. The molecule has 0 aliphatic carbocycles. The number of esters is 1. The van der Waals surface area contributed by atoms with Crippen LogP contribution in [0.15, 0.2) is 55.0 Å². The van der Waals surface area contributed by atoms with E-state index in [-0.39, 0.29) is 18.2 Å². The summed E-state index contributed by atoms with van der Waals surface area (Å²) in [4.78, 5) is 30.5. The molecule has 190 valence electrons. The summed E-state index contributed by atoms with van der Waals surface area (Å²) in [7, 11) is 1.35. The zero-order valence-corrected chi connectivity index (χ0v) is 22.7. The molecule has 0 spiro atoms. The van der Waals surface area contributed by atoms with Crippen LogP contribution in [-0.4, -0.2) is 28.5 Å². The van der Waals surface area contributed by atoms with E-state index in [1.54, 1.807) is 6.20 Å². The van der Waals surface area contributed by atoms with Crippen molar-refractivity contribution in [2.75, 3.05) is 7.11 Å². The van der Waals surface area contributed by atoms with Gasteiger partial charge in [-0.3, -0.25) is 14.6 Å². The molecule has 1 amide bonds. The summed E-state index contributed by atoms with van der Waals surface area (Å²) in [6, 6.07) is 10.9. The van der Waals surface area contributed by atoms with E-state index < -0.39 is 18.1 Å². The highest BCUT2D eigenvalue weighted by Gasteiger charge is 2.27. The molecule has 2 heterocycles. The molecule has 2 unspecified atom stereocenters. The van der Waals surface area contributed by atoms with Crippen LogP contribution in [-0.2, 0) is 14.3 Å². The summed E-state index contributed by atoms with van der Waals surface area (Å²) in [5.74, 6) is -0.350. The van der Waals surface area contributed by atoms with Crippen LogP contribution in [0.25, 0.3) is 11.1 Å². The highest BCUT2D eigenvalue weighted by atomic mass is 32.1. The van der Waals surface area contributed by atoms with E-state index in [9.17, 15) is 9.59 Å². The van der Waals surface area contributed by atoms with Crippen molar-refractivity contribution in [3.8, 4) is 11.1 Å². The van der Waals surface area contributed by atoms with Gasteiger partial charge in [-0.2, -0.15) is 0 Å². The number of aryl methyl sites for hydroxylation is 3. The average Bonchev–Trinajstić information content (AvgIpc) is 2.82. The van der Waals surface area contributed by atoms with E-state index in [0.29, 0.717) is 11.1 Å². The van der Waals surface area contributed by atoms with Gasteiger partial charge in [-0.05, 0) is 79.1 Å². The Balaban J connectivity index is 2.00. The lowest BCUT2D eigenvalue weighted by Gasteiger charge is -2.26. The molecule has 0 bridgehead atoms. The average molecular weight is 506 g/mol. The zero-order valence-electron chi connectivity index (χ0n) is 21.9. The third-order valence-corrected chi connectivity index (χ3v) is 6.61. The van der Waals surface area contributed by atoms with Crippen LogP contribution in [0, 0.1) is 31.3 Å². The minimum Gasteiger partial charge on any atom is -0.469 e. The molecule has 3 aromatic rings. The maximum Gasteiger partial charge on any atom is 0.307 e. The van der Waals surface area contributed by atoms with Crippen LogP contribution in [0.4, 0.5) is 0 Å². The Morgan fingerprint density at radius 2 is 1.78 bits per heavy atom. The van der Waals surface area contributed by atoms with Gasteiger partial charge in [0, 0.05) is 24.2 Å². The number of pyridine rings is 2. The molecule has 1 aromatic carbocycles. The van der Waals surface area contributed by atoms with E-state index >= 15 is 0 Å². The van der Waals surface area contributed by atoms with Gasteiger partial charge >= 0.3 is 5.97 Å². The van der Waals surface area contributed by atoms with Gasteiger partial charge in [0.15, 0.2) is 0 Å². The number of hydrogen-bond donors (Lipinski definition) is 1. The minimum atomic E-state index is -0.601. The quantitative estimate of drug-likeness (QED) is 0.276. The van der Waals surface area contributed by atoms with Crippen LogP contribution in [0.5, 0.6) is 0 Å². The molecule has 2 aromatic heterocycles. The van der Waals surface area contributed by atoms with E-state index in [1.165, 1.54) is 7.11 Å². The van der Waals surface area contributed by atoms with Crippen molar-refractivity contribution in [3.05, 3.63) is 81.9 Å². The Morgan fingerprint density at radius 1 is 1.08 bits per heavy atom. The Bertz CT molecular complexity index is 1280. The molecule has 3 rings (SSSR count). The van der Waals surface area contributed by atoms with Crippen LogP contribution >= 0.6 is 12.2 Å². The molecule has 0 aliphatic rings. The highest BCUT2D eigenvalue weighted by molar-refractivity contribution is 7.71. The molecule has 0 fully saturated rings. The maximum absolute atomic E-state index is 13.7. The number of nitrogens with zero attached hydrogens (tertiary/aromatic N) is 2. The highest BCUT2D eigenvalue weighted by Crippen LogP contribution is 2.30. The SMILES string of the molecule is COC(=O)CC(NC(=O)C(CC(C)C)n1ccc(C)cc1=S)c1cncc(-c2c(C)cccc2C)c1. The van der Waals surface area contributed by atoms with Crippen molar-refractivity contribution in [2.45, 2.75) is 59.5 Å². The summed E-state index contributed by atoms with van der Waals surface area (Å²) >= 11 is 5.58. The van der Waals surface area contributed by atoms with Gasteiger partial charge in [0.25, 0.3) is 0 Å². The Kier molecular flexibility index (Phi) is 9.15. The second kappa shape index (κ2) is 12.1.